The van der Waals surface area contributed by atoms with Crippen LogP contribution >= 0.6 is 11.3 Å². The lowest BCUT2D eigenvalue weighted by Gasteiger charge is -2.20. The second kappa shape index (κ2) is 9.41. The highest BCUT2D eigenvalue weighted by Crippen LogP contribution is 2.32. The zero-order valence-corrected chi connectivity index (χ0v) is 17.5. The highest BCUT2D eigenvalue weighted by atomic mass is 32.1. The molecule has 6 heteroatoms. The van der Waals surface area contributed by atoms with E-state index in [1.165, 1.54) is 11.3 Å². The average molecular weight is 419 g/mol. The first-order valence-corrected chi connectivity index (χ1v) is 10.5. The summed E-state index contributed by atoms with van der Waals surface area (Å²) in [6.45, 7) is 0.773. The maximum Gasteiger partial charge on any atom is 0.232 e. The van der Waals surface area contributed by atoms with Crippen molar-refractivity contribution in [1.29, 1.82) is 0 Å². The van der Waals surface area contributed by atoms with Crippen LogP contribution in [0.3, 0.4) is 0 Å². The molecule has 0 fully saturated rings. The van der Waals surface area contributed by atoms with E-state index in [1.54, 1.807) is 12.0 Å². The molecule has 1 aromatic heterocycles. The first-order valence-electron chi connectivity index (χ1n) is 9.69. The molecule has 4 rings (SSSR count). The number of carbonyl (C=O) groups is 1. The molecule has 0 aliphatic heterocycles. The molecule has 5 nitrogen and oxygen atoms in total. The number of anilines is 1. The van der Waals surface area contributed by atoms with E-state index in [2.05, 4.69) is 0 Å². The predicted molar refractivity (Wildman–Crippen MR) is 120 cm³/mol. The Hall–Kier alpha value is -3.38. The van der Waals surface area contributed by atoms with Crippen LogP contribution in [-0.2, 0) is 11.3 Å². The van der Waals surface area contributed by atoms with Crippen molar-refractivity contribution in [3.8, 4) is 11.5 Å². The van der Waals surface area contributed by atoms with Crippen LogP contribution in [0.4, 0.5) is 5.13 Å². The molecule has 4 aromatic rings. The molecular weight excluding hydrogens is 396 g/mol. The number of amides is 1. The maximum atomic E-state index is 13.1. The molecule has 0 saturated heterocycles. The standard InChI is InChI=1S/C24H22N2O3S/c1-28-20-12-13-21-22(16-20)30-24(25-21)26(17-18-8-4-2-5-9-18)23(27)14-15-29-19-10-6-3-7-11-19/h2-13,16H,14-15,17H2,1H3. The summed E-state index contributed by atoms with van der Waals surface area (Å²) < 4.78 is 12.0. The number of benzene rings is 3. The molecule has 1 amide bonds. The number of rotatable bonds is 8. The zero-order valence-electron chi connectivity index (χ0n) is 16.7. The van der Waals surface area contributed by atoms with E-state index in [0.717, 1.165) is 27.3 Å². The van der Waals surface area contributed by atoms with Gasteiger partial charge in [-0.15, -0.1) is 0 Å². The fourth-order valence-electron chi connectivity index (χ4n) is 3.07. The lowest BCUT2D eigenvalue weighted by atomic mass is 10.2. The summed E-state index contributed by atoms with van der Waals surface area (Å²) in [5, 5.41) is 0.673. The van der Waals surface area contributed by atoms with E-state index in [4.69, 9.17) is 14.5 Å². The Morgan fingerprint density at radius 1 is 0.967 bits per heavy atom. The molecule has 152 valence electrons. The first kappa shape index (κ1) is 19.9. The molecule has 0 N–H and O–H groups in total. The van der Waals surface area contributed by atoms with Crippen LogP contribution in [0.1, 0.15) is 12.0 Å². The highest BCUT2D eigenvalue weighted by Gasteiger charge is 2.20. The number of ether oxygens (including phenoxy) is 2. The Bertz CT molecular complexity index is 1110. The topological polar surface area (TPSA) is 51.7 Å². The van der Waals surface area contributed by atoms with Gasteiger partial charge in [0.25, 0.3) is 0 Å². The van der Waals surface area contributed by atoms with Crippen LogP contribution in [0, 0.1) is 0 Å². The van der Waals surface area contributed by atoms with Crippen molar-refractivity contribution in [2.45, 2.75) is 13.0 Å². The molecule has 0 saturated carbocycles. The highest BCUT2D eigenvalue weighted by molar-refractivity contribution is 7.22. The average Bonchev–Trinajstić information content (AvgIpc) is 3.21. The third-order valence-corrected chi connectivity index (χ3v) is 5.67. The van der Waals surface area contributed by atoms with Crippen LogP contribution in [0.5, 0.6) is 11.5 Å². The van der Waals surface area contributed by atoms with Crippen LogP contribution in [0.25, 0.3) is 10.2 Å². The number of hydrogen-bond acceptors (Lipinski definition) is 5. The quantitative estimate of drug-likeness (QED) is 0.389. The van der Waals surface area contributed by atoms with Crippen molar-refractivity contribution in [2.75, 3.05) is 18.6 Å². The Labute approximate surface area is 179 Å². The summed E-state index contributed by atoms with van der Waals surface area (Å²) in [7, 11) is 1.64. The van der Waals surface area contributed by atoms with Gasteiger partial charge in [0.1, 0.15) is 11.5 Å². The lowest BCUT2D eigenvalue weighted by Crippen LogP contribution is -2.31. The molecule has 0 bridgehead atoms. The summed E-state index contributed by atoms with van der Waals surface area (Å²) in [6.07, 6.45) is 0.265. The lowest BCUT2D eigenvalue weighted by molar-refractivity contribution is -0.119. The van der Waals surface area contributed by atoms with Gasteiger partial charge < -0.3 is 9.47 Å². The van der Waals surface area contributed by atoms with Crippen molar-refractivity contribution in [2.24, 2.45) is 0 Å². The number of aromatic nitrogens is 1. The predicted octanol–water partition coefficient (Wildman–Crippen LogP) is 5.31. The molecule has 3 aromatic carbocycles. The summed E-state index contributed by atoms with van der Waals surface area (Å²) in [4.78, 5) is 19.6. The monoisotopic (exact) mass is 418 g/mol. The number of methoxy groups -OCH3 is 1. The molecule has 0 unspecified atom stereocenters. The minimum atomic E-state index is -0.0270. The van der Waals surface area contributed by atoms with Crippen LogP contribution < -0.4 is 14.4 Å². The number of para-hydroxylation sites is 1. The minimum absolute atomic E-state index is 0.0270. The van der Waals surface area contributed by atoms with Gasteiger partial charge in [0.15, 0.2) is 5.13 Å². The number of nitrogens with zero attached hydrogens (tertiary/aromatic N) is 2. The molecule has 1 heterocycles. The summed E-state index contributed by atoms with van der Waals surface area (Å²) >= 11 is 1.49. The van der Waals surface area contributed by atoms with E-state index >= 15 is 0 Å². The van der Waals surface area contributed by atoms with E-state index in [1.807, 2.05) is 78.9 Å². The van der Waals surface area contributed by atoms with Crippen molar-refractivity contribution in [3.05, 3.63) is 84.4 Å². The van der Waals surface area contributed by atoms with Crippen molar-refractivity contribution >= 4 is 32.6 Å². The van der Waals surface area contributed by atoms with Crippen molar-refractivity contribution in [1.82, 2.24) is 4.98 Å². The molecule has 30 heavy (non-hydrogen) atoms. The molecule has 0 aliphatic rings. The van der Waals surface area contributed by atoms with E-state index in [9.17, 15) is 4.79 Å². The van der Waals surface area contributed by atoms with Gasteiger partial charge in [0.2, 0.25) is 5.91 Å². The Morgan fingerprint density at radius 2 is 1.70 bits per heavy atom. The van der Waals surface area contributed by atoms with Gasteiger partial charge in [-0.25, -0.2) is 4.98 Å². The molecular formula is C24H22N2O3S. The van der Waals surface area contributed by atoms with Gasteiger partial charge in [-0.05, 0) is 35.9 Å². The number of fused-ring (bicyclic) bond motifs is 1. The SMILES string of the molecule is COc1ccc2nc(N(Cc3ccccc3)C(=O)CCOc3ccccc3)sc2c1. The molecule has 0 aliphatic carbocycles. The number of carbonyl (C=O) groups excluding carboxylic acids is 1. The van der Waals surface area contributed by atoms with E-state index in [0.29, 0.717) is 18.3 Å². The van der Waals surface area contributed by atoms with Gasteiger partial charge in [0.05, 0.1) is 36.9 Å². The van der Waals surface area contributed by atoms with E-state index in [-0.39, 0.29) is 12.3 Å². The third kappa shape index (κ3) is 4.78. The summed E-state index contributed by atoms with van der Waals surface area (Å²) in [5.74, 6) is 1.50. The van der Waals surface area contributed by atoms with Crippen LogP contribution in [0.15, 0.2) is 78.9 Å². The molecule has 0 atom stereocenters. The normalized spacial score (nSPS) is 10.7. The number of thiazole rings is 1. The van der Waals surface area contributed by atoms with Crippen LogP contribution in [0.2, 0.25) is 0 Å². The largest absolute Gasteiger partial charge is 0.497 e. The van der Waals surface area contributed by atoms with Crippen molar-refractivity contribution in [3.63, 3.8) is 0 Å². The first-order chi connectivity index (χ1) is 14.7. The van der Waals surface area contributed by atoms with Crippen LogP contribution in [-0.4, -0.2) is 24.6 Å². The fraction of sp³-hybridized carbons (Fsp3) is 0.167. The number of hydrogen-bond donors (Lipinski definition) is 0. The third-order valence-electron chi connectivity index (χ3n) is 4.63. The van der Waals surface area contributed by atoms with Gasteiger partial charge in [0, 0.05) is 0 Å². The van der Waals surface area contributed by atoms with Gasteiger partial charge in [-0.1, -0.05) is 59.9 Å². The Morgan fingerprint density at radius 3 is 2.43 bits per heavy atom. The second-order valence-corrected chi connectivity index (χ2v) is 7.72. The zero-order chi connectivity index (χ0) is 20.8. The maximum absolute atomic E-state index is 13.1. The van der Waals surface area contributed by atoms with E-state index < -0.39 is 0 Å². The van der Waals surface area contributed by atoms with Gasteiger partial charge >= 0.3 is 0 Å². The fourth-order valence-corrected chi connectivity index (χ4v) is 4.08. The molecule has 0 radical (unpaired) electrons. The van der Waals surface area contributed by atoms with Gasteiger partial charge in [-0.2, -0.15) is 0 Å². The summed E-state index contributed by atoms with van der Waals surface area (Å²) in [5.41, 5.74) is 1.90. The summed E-state index contributed by atoms with van der Waals surface area (Å²) in [6, 6.07) is 25.2. The Balaban J connectivity index is 1.55. The second-order valence-electron chi connectivity index (χ2n) is 6.71. The smallest absolute Gasteiger partial charge is 0.232 e. The van der Waals surface area contributed by atoms with Crippen molar-refractivity contribution < 1.29 is 14.3 Å². The Kier molecular flexibility index (Phi) is 6.25. The minimum Gasteiger partial charge on any atom is -0.497 e. The molecule has 0 spiro atoms. The van der Waals surface area contributed by atoms with Gasteiger partial charge in [-0.3, -0.25) is 9.69 Å².